The number of nitrogens with zero attached hydrogens (tertiary/aromatic N) is 8. The van der Waals surface area contributed by atoms with E-state index < -0.39 is 0 Å². The first-order chi connectivity index (χ1) is 46.7. The minimum Gasteiger partial charge on any atom is -0.307 e. The predicted octanol–water partition coefficient (Wildman–Crippen LogP) is 21.7. The molecular formula is C86H56N8. The zero-order valence-corrected chi connectivity index (χ0v) is 50.9. The molecule has 6 aromatic heterocycles. The standard InChI is InChI=1S/C46H30N4.C40H26N4/c1-4-14-31(15-5-1)32-24-26-33(27-25-32)40-30-43(48-46(47-40)34-16-6-2-7-17-34)50-42-23-13-11-21-37(42)39-29-28-38-36-20-10-12-22-41(36)49(44(38)45(39)50)35-18-8-3-9-19-35;1-4-14-27(15-5-1)34-26-37(42-40(41-34)28-16-6-2-7-17-28)44-36-23-13-11-21-31(36)33-25-24-32-30-20-10-12-22-35(30)43(38(32)39(33)44)29-18-8-3-9-19-29/h1-30H;1-26H. The summed E-state index contributed by atoms with van der Waals surface area (Å²) in [4.78, 5) is 20.9. The molecule has 0 fully saturated rings. The molecule has 0 aliphatic heterocycles. The molecule has 8 heteroatoms. The number of hydrogen-bond acceptors (Lipinski definition) is 4. The lowest BCUT2D eigenvalue weighted by atomic mass is 10.0. The molecule has 0 atom stereocenters. The van der Waals surface area contributed by atoms with Gasteiger partial charge in [-0.15, -0.1) is 0 Å². The quantitative estimate of drug-likeness (QED) is 0.144. The van der Waals surface area contributed by atoms with E-state index >= 15 is 0 Å². The molecule has 0 amide bonds. The third-order valence-electron chi connectivity index (χ3n) is 18.3. The van der Waals surface area contributed by atoms with Crippen LogP contribution in [-0.4, -0.2) is 38.2 Å². The van der Waals surface area contributed by atoms with Crippen LogP contribution in [0.2, 0.25) is 0 Å². The van der Waals surface area contributed by atoms with Crippen molar-refractivity contribution in [1.29, 1.82) is 0 Å². The highest BCUT2D eigenvalue weighted by Crippen LogP contribution is 2.45. The lowest BCUT2D eigenvalue weighted by Crippen LogP contribution is -2.04. The van der Waals surface area contributed by atoms with E-state index in [1.54, 1.807) is 0 Å². The maximum absolute atomic E-state index is 5.34. The molecule has 0 spiro atoms. The van der Waals surface area contributed by atoms with E-state index in [1.807, 2.05) is 48.5 Å². The second kappa shape index (κ2) is 22.6. The molecule has 0 bridgehead atoms. The Labute approximate surface area is 541 Å². The molecule has 8 nitrogen and oxygen atoms in total. The Bertz CT molecular complexity index is 6000. The van der Waals surface area contributed by atoms with Crippen molar-refractivity contribution in [3.63, 3.8) is 0 Å². The Morgan fingerprint density at radius 1 is 0.181 bits per heavy atom. The lowest BCUT2D eigenvalue weighted by molar-refractivity contribution is 1.05. The van der Waals surface area contributed by atoms with Crippen LogP contribution in [-0.2, 0) is 0 Å². The van der Waals surface area contributed by atoms with Crippen molar-refractivity contribution in [3.8, 4) is 79.4 Å². The van der Waals surface area contributed by atoms with Crippen molar-refractivity contribution in [1.82, 2.24) is 38.2 Å². The highest BCUT2D eigenvalue weighted by atomic mass is 15.1. The molecule has 6 heterocycles. The summed E-state index contributed by atoms with van der Waals surface area (Å²) in [5, 5.41) is 9.60. The van der Waals surface area contributed by atoms with E-state index in [-0.39, 0.29) is 0 Å². The molecule has 0 unspecified atom stereocenters. The highest BCUT2D eigenvalue weighted by Gasteiger charge is 2.25. The van der Waals surface area contributed by atoms with Gasteiger partial charge in [0.2, 0.25) is 0 Å². The summed E-state index contributed by atoms with van der Waals surface area (Å²) in [6, 6.07) is 119. The van der Waals surface area contributed by atoms with Gasteiger partial charge in [-0.25, -0.2) is 19.9 Å². The first-order valence-electron chi connectivity index (χ1n) is 31.8. The van der Waals surface area contributed by atoms with Crippen LogP contribution in [0.5, 0.6) is 0 Å². The molecule has 13 aromatic carbocycles. The number of rotatable bonds is 9. The van der Waals surface area contributed by atoms with Gasteiger partial charge in [-0.05, 0) is 59.7 Å². The Kier molecular flexibility index (Phi) is 13.0. The molecule has 19 rings (SSSR count). The Balaban J connectivity index is 0.000000139. The summed E-state index contributed by atoms with van der Waals surface area (Å²) in [6.45, 7) is 0. The molecule has 0 saturated heterocycles. The van der Waals surface area contributed by atoms with Crippen LogP contribution in [0.1, 0.15) is 0 Å². The van der Waals surface area contributed by atoms with Crippen LogP contribution in [0.4, 0.5) is 0 Å². The summed E-state index contributed by atoms with van der Waals surface area (Å²) in [5.74, 6) is 3.04. The van der Waals surface area contributed by atoms with E-state index in [0.29, 0.717) is 11.6 Å². The van der Waals surface area contributed by atoms with E-state index in [9.17, 15) is 0 Å². The van der Waals surface area contributed by atoms with Crippen molar-refractivity contribution >= 4 is 87.2 Å². The number of fused-ring (bicyclic) bond motifs is 14. The normalized spacial score (nSPS) is 11.6. The van der Waals surface area contributed by atoms with Gasteiger partial charge in [0.05, 0.1) is 55.5 Å². The summed E-state index contributed by atoms with van der Waals surface area (Å²) < 4.78 is 9.50. The third-order valence-corrected chi connectivity index (χ3v) is 18.3. The fourth-order valence-corrected chi connectivity index (χ4v) is 14.1. The van der Waals surface area contributed by atoms with Crippen LogP contribution >= 0.6 is 0 Å². The Hall–Kier alpha value is -12.8. The maximum atomic E-state index is 5.34. The van der Waals surface area contributed by atoms with Gasteiger partial charge in [-0.2, -0.15) is 0 Å². The summed E-state index contributed by atoms with van der Waals surface area (Å²) in [5.41, 5.74) is 19.5. The Morgan fingerprint density at radius 3 is 0.798 bits per heavy atom. The van der Waals surface area contributed by atoms with Crippen LogP contribution in [0.25, 0.3) is 167 Å². The zero-order valence-electron chi connectivity index (χ0n) is 50.9. The van der Waals surface area contributed by atoms with Gasteiger partial charge in [0, 0.05) is 88.9 Å². The topological polar surface area (TPSA) is 71.3 Å². The Morgan fingerprint density at radius 2 is 0.436 bits per heavy atom. The zero-order chi connectivity index (χ0) is 62.1. The highest BCUT2D eigenvalue weighted by molar-refractivity contribution is 6.25. The van der Waals surface area contributed by atoms with Gasteiger partial charge in [-0.1, -0.05) is 279 Å². The predicted molar refractivity (Wildman–Crippen MR) is 389 cm³/mol. The fraction of sp³-hybridized carbons (Fsp3) is 0. The number of hydrogen-bond donors (Lipinski definition) is 0. The van der Waals surface area contributed by atoms with Crippen molar-refractivity contribution in [3.05, 3.63) is 340 Å². The van der Waals surface area contributed by atoms with E-state index in [2.05, 4.69) is 309 Å². The monoisotopic (exact) mass is 1200 g/mol. The smallest absolute Gasteiger partial charge is 0.162 e. The van der Waals surface area contributed by atoms with Crippen LogP contribution < -0.4 is 0 Å². The van der Waals surface area contributed by atoms with Crippen LogP contribution in [0.3, 0.4) is 0 Å². The fourth-order valence-electron chi connectivity index (χ4n) is 14.1. The van der Waals surface area contributed by atoms with Crippen molar-refractivity contribution < 1.29 is 0 Å². The molecule has 0 N–H and O–H groups in total. The average Bonchev–Trinajstić information content (AvgIpc) is 1.55. The molecule has 0 aliphatic carbocycles. The van der Waals surface area contributed by atoms with Gasteiger partial charge in [0.15, 0.2) is 11.6 Å². The van der Waals surface area contributed by atoms with E-state index in [1.165, 1.54) is 65.3 Å². The maximum Gasteiger partial charge on any atom is 0.162 e. The van der Waals surface area contributed by atoms with Gasteiger partial charge in [0.25, 0.3) is 0 Å². The van der Waals surface area contributed by atoms with E-state index in [4.69, 9.17) is 19.9 Å². The van der Waals surface area contributed by atoms with Crippen molar-refractivity contribution in [2.24, 2.45) is 0 Å². The molecule has 0 saturated carbocycles. The molecule has 0 aliphatic rings. The first kappa shape index (κ1) is 54.2. The summed E-state index contributed by atoms with van der Waals surface area (Å²) in [7, 11) is 0. The molecular weight excluding hydrogens is 1150 g/mol. The average molecular weight is 1200 g/mol. The van der Waals surface area contributed by atoms with Gasteiger partial charge in [0.1, 0.15) is 11.6 Å². The lowest BCUT2D eigenvalue weighted by Gasteiger charge is -2.14. The largest absolute Gasteiger partial charge is 0.307 e. The second-order valence-corrected chi connectivity index (χ2v) is 23.7. The molecule has 440 valence electrons. The van der Waals surface area contributed by atoms with Crippen molar-refractivity contribution in [2.45, 2.75) is 0 Å². The number of aromatic nitrogens is 8. The minimum atomic E-state index is 0.687. The van der Waals surface area contributed by atoms with Gasteiger partial charge < -0.3 is 9.13 Å². The summed E-state index contributed by atoms with van der Waals surface area (Å²) in [6.07, 6.45) is 0. The minimum absolute atomic E-state index is 0.687. The number of benzene rings is 13. The molecule has 94 heavy (non-hydrogen) atoms. The van der Waals surface area contributed by atoms with Gasteiger partial charge in [-0.3, -0.25) is 9.13 Å². The third kappa shape index (κ3) is 9.07. The van der Waals surface area contributed by atoms with Gasteiger partial charge >= 0.3 is 0 Å². The number of para-hydroxylation sites is 6. The van der Waals surface area contributed by atoms with Crippen LogP contribution in [0, 0.1) is 0 Å². The molecule has 19 aromatic rings. The van der Waals surface area contributed by atoms with Crippen LogP contribution in [0.15, 0.2) is 340 Å². The SMILES string of the molecule is c1ccc(-c2cc(-n3c4ccccc4c4ccc5c6ccccc6n(-c6ccccc6)c5c43)nc(-c3ccccc3)n2)cc1.c1ccc(-c2ccc(-c3cc(-n4c5ccccc5c5ccc6c7ccccc7n(-c7ccccc7)c6c54)nc(-c4ccccc4)n3)cc2)cc1. The van der Waals surface area contributed by atoms with E-state index in [0.717, 1.165) is 89.8 Å². The second-order valence-electron chi connectivity index (χ2n) is 23.7. The molecule has 0 radical (unpaired) electrons. The first-order valence-corrected chi connectivity index (χ1v) is 31.8. The summed E-state index contributed by atoms with van der Waals surface area (Å²) >= 11 is 0. The van der Waals surface area contributed by atoms with Crippen molar-refractivity contribution in [2.75, 3.05) is 0 Å².